The highest BCUT2D eigenvalue weighted by Crippen LogP contribution is 2.35. The zero-order chi connectivity index (χ0) is 16.1. The lowest BCUT2D eigenvalue weighted by molar-refractivity contribution is -0.177. The van der Waals surface area contributed by atoms with E-state index in [1.807, 2.05) is 24.3 Å². The fourth-order valence-corrected chi connectivity index (χ4v) is 3.53. The van der Waals surface area contributed by atoms with Crippen LogP contribution in [-0.2, 0) is 4.74 Å². The van der Waals surface area contributed by atoms with Crippen molar-refractivity contribution in [2.75, 3.05) is 40.0 Å². The van der Waals surface area contributed by atoms with E-state index in [1.54, 1.807) is 7.11 Å². The lowest BCUT2D eigenvalue weighted by Crippen LogP contribution is -2.55. The van der Waals surface area contributed by atoms with E-state index in [1.165, 1.54) is 0 Å². The van der Waals surface area contributed by atoms with Crippen LogP contribution in [0.4, 0.5) is 0 Å². The fraction of sp³-hybridized carbons (Fsp3) is 0.667. The molecule has 0 aliphatic carbocycles. The van der Waals surface area contributed by atoms with Crippen molar-refractivity contribution in [1.29, 1.82) is 0 Å². The zero-order valence-corrected chi connectivity index (χ0v) is 13.9. The topological polar surface area (TPSA) is 51.2 Å². The van der Waals surface area contributed by atoms with E-state index in [9.17, 15) is 5.11 Å². The van der Waals surface area contributed by atoms with Gasteiger partial charge in [0.25, 0.3) is 0 Å². The molecule has 1 unspecified atom stereocenters. The third-order valence-electron chi connectivity index (χ3n) is 5.04. The molecule has 0 aromatic heterocycles. The zero-order valence-electron chi connectivity index (χ0n) is 13.9. The molecule has 1 atom stereocenters. The number of aliphatic hydroxyl groups is 1. The van der Waals surface area contributed by atoms with Crippen molar-refractivity contribution < 1.29 is 19.3 Å². The lowest BCUT2D eigenvalue weighted by atomic mass is 9.82. The van der Waals surface area contributed by atoms with Crippen LogP contribution in [0.5, 0.6) is 11.5 Å². The highest BCUT2D eigenvalue weighted by Gasteiger charge is 2.43. The number of benzene rings is 1. The number of methoxy groups -OCH3 is 1. The summed E-state index contributed by atoms with van der Waals surface area (Å²) in [6.45, 7) is 4.25. The van der Waals surface area contributed by atoms with E-state index in [2.05, 4.69) is 4.90 Å². The van der Waals surface area contributed by atoms with Gasteiger partial charge < -0.3 is 19.3 Å². The Labute approximate surface area is 138 Å². The summed E-state index contributed by atoms with van der Waals surface area (Å²) in [5.74, 6) is 1.65. The molecule has 128 valence electrons. The van der Waals surface area contributed by atoms with E-state index in [-0.39, 0.29) is 11.7 Å². The summed E-state index contributed by atoms with van der Waals surface area (Å²) >= 11 is 0. The number of hydrogen-bond acceptors (Lipinski definition) is 5. The van der Waals surface area contributed by atoms with Crippen LogP contribution < -0.4 is 9.47 Å². The normalized spacial score (nSPS) is 24.5. The van der Waals surface area contributed by atoms with Crippen LogP contribution >= 0.6 is 0 Å². The van der Waals surface area contributed by atoms with Gasteiger partial charge in [-0.25, -0.2) is 0 Å². The van der Waals surface area contributed by atoms with Gasteiger partial charge in [0, 0.05) is 32.3 Å². The predicted molar refractivity (Wildman–Crippen MR) is 88.1 cm³/mol. The van der Waals surface area contributed by atoms with Crippen LogP contribution in [0.2, 0.25) is 0 Å². The van der Waals surface area contributed by atoms with Crippen molar-refractivity contribution in [2.45, 2.75) is 37.4 Å². The molecule has 23 heavy (non-hydrogen) atoms. The Balaban J connectivity index is 1.42. The van der Waals surface area contributed by atoms with Gasteiger partial charge in [0.15, 0.2) is 0 Å². The van der Waals surface area contributed by atoms with Crippen molar-refractivity contribution in [3.05, 3.63) is 24.3 Å². The minimum Gasteiger partial charge on any atom is -0.497 e. The van der Waals surface area contributed by atoms with Crippen LogP contribution in [-0.4, -0.2) is 61.7 Å². The van der Waals surface area contributed by atoms with Gasteiger partial charge in [-0.05, 0) is 37.8 Å². The summed E-state index contributed by atoms with van der Waals surface area (Å²) in [5, 5.41) is 10.3. The second kappa shape index (κ2) is 7.51. The Bertz CT molecular complexity index is 500. The summed E-state index contributed by atoms with van der Waals surface area (Å²) in [6, 6.07) is 7.68. The number of aliphatic hydroxyl groups excluding tert-OH is 1. The lowest BCUT2D eigenvalue weighted by Gasteiger charge is -2.46. The van der Waals surface area contributed by atoms with Gasteiger partial charge in [-0.1, -0.05) is 6.07 Å². The Morgan fingerprint density at radius 2 is 2.09 bits per heavy atom. The van der Waals surface area contributed by atoms with Crippen LogP contribution in [0.3, 0.4) is 0 Å². The maximum absolute atomic E-state index is 10.3. The number of piperidine rings is 1. The molecule has 1 aromatic carbocycles. The Kier molecular flexibility index (Phi) is 5.41. The summed E-state index contributed by atoms with van der Waals surface area (Å²) in [6.07, 6.45) is 3.37. The molecule has 2 heterocycles. The monoisotopic (exact) mass is 321 g/mol. The molecule has 2 aliphatic heterocycles. The smallest absolute Gasteiger partial charge is 0.123 e. The molecule has 0 bridgehead atoms. The molecular formula is C18H27NO4. The average molecular weight is 321 g/mol. The van der Waals surface area contributed by atoms with Crippen molar-refractivity contribution >= 4 is 0 Å². The van der Waals surface area contributed by atoms with Gasteiger partial charge in [-0.15, -0.1) is 0 Å². The van der Waals surface area contributed by atoms with Crippen molar-refractivity contribution in [3.8, 4) is 11.5 Å². The molecular weight excluding hydrogens is 294 g/mol. The van der Waals surface area contributed by atoms with Gasteiger partial charge in [0.05, 0.1) is 18.8 Å². The van der Waals surface area contributed by atoms with Gasteiger partial charge in [0.2, 0.25) is 0 Å². The van der Waals surface area contributed by atoms with Crippen molar-refractivity contribution in [3.63, 3.8) is 0 Å². The molecule has 1 aromatic rings. The van der Waals surface area contributed by atoms with Gasteiger partial charge in [-0.3, -0.25) is 4.90 Å². The van der Waals surface area contributed by atoms with Crippen molar-refractivity contribution in [1.82, 2.24) is 4.90 Å². The number of ether oxygens (including phenoxy) is 3. The Morgan fingerprint density at radius 1 is 1.30 bits per heavy atom. The minimum atomic E-state index is -0.300. The maximum Gasteiger partial charge on any atom is 0.123 e. The number of nitrogens with zero attached hydrogens (tertiary/aromatic N) is 1. The van der Waals surface area contributed by atoms with Crippen LogP contribution in [0, 0.1) is 0 Å². The second-order valence-corrected chi connectivity index (χ2v) is 6.44. The fourth-order valence-electron chi connectivity index (χ4n) is 3.53. The highest BCUT2D eigenvalue weighted by atomic mass is 16.5. The molecule has 0 saturated carbocycles. The molecule has 2 saturated heterocycles. The molecule has 5 heteroatoms. The van der Waals surface area contributed by atoms with E-state index in [4.69, 9.17) is 14.2 Å². The molecule has 3 rings (SSSR count). The number of hydrogen-bond donors (Lipinski definition) is 1. The average Bonchev–Trinajstić information content (AvgIpc) is 2.60. The predicted octanol–water partition coefficient (Wildman–Crippen LogP) is 2.08. The van der Waals surface area contributed by atoms with E-state index < -0.39 is 0 Å². The SMILES string of the molecule is COc1cccc(OCCN2CCC3(CC2)OCCCC3O)c1. The summed E-state index contributed by atoms with van der Waals surface area (Å²) < 4.78 is 16.9. The minimum absolute atomic E-state index is 0.289. The number of rotatable bonds is 5. The van der Waals surface area contributed by atoms with Crippen LogP contribution in [0.15, 0.2) is 24.3 Å². The van der Waals surface area contributed by atoms with Gasteiger partial charge >= 0.3 is 0 Å². The van der Waals surface area contributed by atoms with E-state index >= 15 is 0 Å². The molecule has 2 fully saturated rings. The standard InChI is InChI=1S/C18H27NO4/c1-21-15-4-2-5-16(14-15)22-13-11-19-9-7-18(8-10-19)17(20)6-3-12-23-18/h2,4-5,14,17,20H,3,6-13H2,1H3. The largest absolute Gasteiger partial charge is 0.497 e. The summed E-state index contributed by atoms with van der Waals surface area (Å²) in [4.78, 5) is 2.39. The first-order valence-corrected chi connectivity index (χ1v) is 8.53. The first kappa shape index (κ1) is 16.6. The maximum atomic E-state index is 10.3. The Morgan fingerprint density at radius 3 is 2.83 bits per heavy atom. The summed E-state index contributed by atoms with van der Waals surface area (Å²) in [5.41, 5.74) is -0.289. The number of likely N-dealkylation sites (tertiary alicyclic amines) is 1. The molecule has 1 spiro atoms. The highest BCUT2D eigenvalue weighted by molar-refractivity contribution is 5.32. The Hall–Kier alpha value is -1.30. The first-order valence-electron chi connectivity index (χ1n) is 8.53. The quantitative estimate of drug-likeness (QED) is 0.900. The van der Waals surface area contributed by atoms with Gasteiger partial charge in [-0.2, -0.15) is 0 Å². The molecule has 2 aliphatic rings. The third-order valence-corrected chi connectivity index (χ3v) is 5.04. The van der Waals surface area contributed by atoms with Crippen molar-refractivity contribution in [2.24, 2.45) is 0 Å². The summed E-state index contributed by atoms with van der Waals surface area (Å²) in [7, 11) is 1.66. The second-order valence-electron chi connectivity index (χ2n) is 6.44. The molecule has 1 N–H and O–H groups in total. The molecule has 0 radical (unpaired) electrons. The molecule has 5 nitrogen and oxygen atoms in total. The van der Waals surface area contributed by atoms with Gasteiger partial charge in [0.1, 0.15) is 18.1 Å². The van der Waals surface area contributed by atoms with E-state index in [0.29, 0.717) is 6.61 Å². The third kappa shape index (κ3) is 3.97. The van der Waals surface area contributed by atoms with Crippen LogP contribution in [0.25, 0.3) is 0 Å². The van der Waals surface area contributed by atoms with E-state index in [0.717, 1.165) is 63.4 Å². The van der Waals surface area contributed by atoms with Crippen LogP contribution in [0.1, 0.15) is 25.7 Å². The molecule has 0 amide bonds. The first-order chi connectivity index (χ1) is 11.2.